The molecule has 0 radical (unpaired) electrons. The lowest BCUT2D eigenvalue weighted by Crippen LogP contribution is -2.30. The third kappa shape index (κ3) is 4.04. The van der Waals surface area contributed by atoms with E-state index in [-0.39, 0.29) is 6.10 Å². The molecule has 17 heavy (non-hydrogen) atoms. The zero-order chi connectivity index (χ0) is 12.3. The molecule has 0 bridgehead atoms. The van der Waals surface area contributed by atoms with Crippen molar-refractivity contribution in [3.63, 3.8) is 0 Å². The van der Waals surface area contributed by atoms with Crippen molar-refractivity contribution in [2.24, 2.45) is 0 Å². The molecule has 1 unspecified atom stereocenters. The molecule has 1 saturated carbocycles. The van der Waals surface area contributed by atoms with E-state index < -0.39 is 0 Å². The van der Waals surface area contributed by atoms with Gasteiger partial charge in [0.1, 0.15) is 11.9 Å². The maximum atomic E-state index is 5.86. The summed E-state index contributed by atoms with van der Waals surface area (Å²) < 4.78 is 5.86. The molecule has 0 spiro atoms. The zero-order valence-electron chi connectivity index (χ0n) is 11.1. The summed E-state index contributed by atoms with van der Waals surface area (Å²) in [6.07, 6.45) is 2.89. The van der Waals surface area contributed by atoms with E-state index in [1.54, 1.807) is 0 Å². The minimum Gasteiger partial charge on any atom is -0.489 e. The van der Waals surface area contributed by atoms with Gasteiger partial charge in [-0.25, -0.2) is 0 Å². The van der Waals surface area contributed by atoms with Crippen molar-refractivity contribution in [2.45, 2.75) is 51.7 Å². The van der Waals surface area contributed by atoms with Crippen LogP contribution in [-0.4, -0.2) is 18.7 Å². The first-order valence-electron chi connectivity index (χ1n) is 6.65. The molecule has 2 rings (SSSR count). The molecule has 1 fully saturated rings. The Morgan fingerprint density at radius 1 is 1.18 bits per heavy atom. The van der Waals surface area contributed by atoms with Gasteiger partial charge >= 0.3 is 0 Å². The van der Waals surface area contributed by atoms with Gasteiger partial charge < -0.3 is 10.1 Å². The van der Waals surface area contributed by atoms with Gasteiger partial charge in [0.15, 0.2) is 0 Å². The highest BCUT2D eigenvalue weighted by molar-refractivity contribution is 5.29. The van der Waals surface area contributed by atoms with Gasteiger partial charge in [-0.05, 0) is 43.4 Å². The lowest BCUT2D eigenvalue weighted by atomic mass is 10.0. The third-order valence-corrected chi connectivity index (χ3v) is 3.16. The molecule has 94 valence electrons. The zero-order valence-corrected chi connectivity index (χ0v) is 11.1. The Kier molecular flexibility index (Phi) is 4.06. The van der Waals surface area contributed by atoms with Gasteiger partial charge in [0.25, 0.3) is 0 Å². The SMILES string of the molecule is CC(CNC1CC1)Oc1ccc(C(C)C)cc1. The summed E-state index contributed by atoms with van der Waals surface area (Å²) in [5.74, 6) is 1.55. The van der Waals surface area contributed by atoms with Crippen LogP contribution in [0, 0.1) is 0 Å². The predicted molar refractivity (Wildman–Crippen MR) is 71.6 cm³/mol. The smallest absolute Gasteiger partial charge is 0.119 e. The molecule has 0 saturated heterocycles. The maximum absolute atomic E-state index is 5.86. The van der Waals surface area contributed by atoms with Crippen LogP contribution in [-0.2, 0) is 0 Å². The highest BCUT2D eigenvalue weighted by atomic mass is 16.5. The quantitative estimate of drug-likeness (QED) is 0.813. The predicted octanol–water partition coefficient (Wildman–Crippen LogP) is 3.33. The Balaban J connectivity index is 1.80. The van der Waals surface area contributed by atoms with Gasteiger partial charge in [-0.3, -0.25) is 0 Å². The van der Waals surface area contributed by atoms with E-state index >= 15 is 0 Å². The van der Waals surface area contributed by atoms with Crippen LogP contribution in [0.5, 0.6) is 5.75 Å². The van der Waals surface area contributed by atoms with Gasteiger partial charge in [0.2, 0.25) is 0 Å². The second kappa shape index (κ2) is 5.54. The Morgan fingerprint density at radius 2 is 1.82 bits per heavy atom. The fourth-order valence-electron chi connectivity index (χ4n) is 1.83. The lowest BCUT2D eigenvalue weighted by molar-refractivity contribution is 0.216. The van der Waals surface area contributed by atoms with Crippen molar-refractivity contribution in [2.75, 3.05) is 6.54 Å². The molecule has 1 N–H and O–H groups in total. The van der Waals surface area contributed by atoms with Crippen molar-refractivity contribution >= 4 is 0 Å². The van der Waals surface area contributed by atoms with Crippen molar-refractivity contribution in [1.82, 2.24) is 5.32 Å². The maximum Gasteiger partial charge on any atom is 0.119 e. The van der Waals surface area contributed by atoms with E-state index in [0.717, 1.165) is 18.3 Å². The van der Waals surface area contributed by atoms with Gasteiger partial charge in [-0.2, -0.15) is 0 Å². The van der Waals surface area contributed by atoms with Crippen LogP contribution in [0.3, 0.4) is 0 Å². The van der Waals surface area contributed by atoms with E-state index in [1.165, 1.54) is 18.4 Å². The van der Waals surface area contributed by atoms with E-state index in [9.17, 15) is 0 Å². The van der Waals surface area contributed by atoms with Crippen molar-refractivity contribution in [3.8, 4) is 5.75 Å². The molecular formula is C15H23NO. The molecule has 1 atom stereocenters. The number of ether oxygens (including phenoxy) is 1. The monoisotopic (exact) mass is 233 g/mol. The average molecular weight is 233 g/mol. The van der Waals surface area contributed by atoms with Crippen LogP contribution < -0.4 is 10.1 Å². The Bertz CT molecular complexity index is 340. The first-order chi connectivity index (χ1) is 8.15. The van der Waals surface area contributed by atoms with Gasteiger partial charge in [-0.15, -0.1) is 0 Å². The number of hydrogen-bond donors (Lipinski definition) is 1. The van der Waals surface area contributed by atoms with Crippen LogP contribution in [0.2, 0.25) is 0 Å². The molecule has 1 aromatic rings. The van der Waals surface area contributed by atoms with Crippen molar-refractivity contribution < 1.29 is 4.74 Å². The molecular weight excluding hydrogens is 210 g/mol. The summed E-state index contributed by atoms with van der Waals surface area (Å²) in [5, 5.41) is 3.48. The number of benzene rings is 1. The van der Waals surface area contributed by atoms with E-state index in [4.69, 9.17) is 4.74 Å². The molecule has 1 aliphatic rings. The van der Waals surface area contributed by atoms with E-state index in [0.29, 0.717) is 5.92 Å². The third-order valence-electron chi connectivity index (χ3n) is 3.16. The van der Waals surface area contributed by atoms with Crippen molar-refractivity contribution in [3.05, 3.63) is 29.8 Å². The van der Waals surface area contributed by atoms with Gasteiger partial charge in [-0.1, -0.05) is 26.0 Å². The topological polar surface area (TPSA) is 21.3 Å². The van der Waals surface area contributed by atoms with E-state index in [2.05, 4.69) is 50.4 Å². The second-order valence-electron chi connectivity index (χ2n) is 5.33. The molecule has 2 heteroatoms. The normalized spacial score (nSPS) is 17.2. The fourth-order valence-corrected chi connectivity index (χ4v) is 1.83. The van der Waals surface area contributed by atoms with Crippen LogP contribution in [0.1, 0.15) is 45.1 Å². The standard InChI is InChI=1S/C15H23NO/c1-11(2)13-4-8-15(9-5-13)17-12(3)10-16-14-6-7-14/h4-5,8-9,11-12,14,16H,6-7,10H2,1-3H3. The summed E-state index contributed by atoms with van der Waals surface area (Å²) in [7, 11) is 0. The molecule has 2 nitrogen and oxygen atoms in total. The number of hydrogen-bond acceptors (Lipinski definition) is 2. The van der Waals surface area contributed by atoms with Crippen LogP contribution in [0.4, 0.5) is 0 Å². The molecule has 0 amide bonds. The van der Waals surface area contributed by atoms with Crippen LogP contribution >= 0.6 is 0 Å². The van der Waals surface area contributed by atoms with E-state index in [1.807, 2.05) is 0 Å². The van der Waals surface area contributed by atoms with Crippen LogP contribution in [0.25, 0.3) is 0 Å². The summed E-state index contributed by atoms with van der Waals surface area (Å²) in [4.78, 5) is 0. The molecule has 0 aliphatic heterocycles. The van der Waals surface area contributed by atoms with Gasteiger partial charge in [0, 0.05) is 12.6 Å². The molecule has 0 aromatic heterocycles. The summed E-state index contributed by atoms with van der Waals surface area (Å²) in [6, 6.07) is 9.21. The number of nitrogens with one attached hydrogen (secondary N) is 1. The molecule has 1 aromatic carbocycles. The van der Waals surface area contributed by atoms with Gasteiger partial charge in [0.05, 0.1) is 0 Å². The fraction of sp³-hybridized carbons (Fsp3) is 0.600. The van der Waals surface area contributed by atoms with Crippen LogP contribution in [0.15, 0.2) is 24.3 Å². The Hall–Kier alpha value is -1.02. The summed E-state index contributed by atoms with van der Waals surface area (Å²) >= 11 is 0. The lowest BCUT2D eigenvalue weighted by Gasteiger charge is -2.16. The highest BCUT2D eigenvalue weighted by Crippen LogP contribution is 2.20. The summed E-state index contributed by atoms with van der Waals surface area (Å²) in [5.41, 5.74) is 1.36. The molecule has 1 aliphatic carbocycles. The minimum atomic E-state index is 0.237. The second-order valence-corrected chi connectivity index (χ2v) is 5.33. The molecule has 0 heterocycles. The average Bonchev–Trinajstić information content (AvgIpc) is 3.11. The highest BCUT2D eigenvalue weighted by Gasteiger charge is 2.21. The number of rotatable bonds is 6. The first-order valence-corrected chi connectivity index (χ1v) is 6.65. The van der Waals surface area contributed by atoms with Crippen molar-refractivity contribution in [1.29, 1.82) is 0 Å². The summed E-state index contributed by atoms with van der Waals surface area (Å²) in [6.45, 7) is 7.47. The Labute approximate surface area is 104 Å². The Morgan fingerprint density at radius 3 is 2.35 bits per heavy atom. The first kappa shape index (κ1) is 12.4. The minimum absolute atomic E-state index is 0.237. The largest absolute Gasteiger partial charge is 0.489 e.